The van der Waals surface area contributed by atoms with Gasteiger partial charge in [0, 0.05) is 4.88 Å². The zero-order valence-electron chi connectivity index (χ0n) is 12.0. The molecule has 1 amide bonds. The molecule has 5 heteroatoms. The molecule has 0 spiro atoms. The van der Waals surface area contributed by atoms with E-state index in [4.69, 9.17) is 4.42 Å². The Labute approximate surface area is 127 Å². The normalized spacial score (nSPS) is 17.9. The predicted octanol–water partition coefficient (Wildman–Crippen LogP) is 3.62. The van der Waals surface area contributed by atoms with Gasteiger partial charge in [0.1, 0.15) is 5.76 Å². The number of hydrogen-bond donors (Lipinski definition) is 1. The third-order valence-electron chi connectivity index (χ3n) is 3.89. The van der Waals surface area contributed by atoms with Crippen molar-refractivity contribution >= 4 is 23.5 Å². The van der Waals surface area contributed by atoms with E-state index in [1.165, 1.54) is 29.5 Å². The van der Waals surface area contributed by atoms with E-state index in [2.05, 4.69) is 17.5 Å². The van der Waals surface area contributed by atoms with E-state index in [0.29, 0.717) is 5.76 Å². The van der Waals surface area contributed by atoms with Crippen LogP contribution in [0.3, 0.4) is 0 Å². The molecule has 2 heterocycles. The van der Waals surface area contributed by atoms with Gasteiger partial charge in [0.15, 0.2) is 0 Å². The van der Waals surface area contributed by atoms with Crippen molar-refractivity contribution in [2.75, 3.05) is 0 Å². The first-order valence-corrected chi connectivity index (χ1v) is 8.06. The lowest BCUT2D eigenvalue weighted by atomic mass is 9.87. The van der Waals surface area contributed by atoms with Crippen LogP contribution in [0.2, 0.25) is 0 Å². The highest BCUT2D eigenvalue weighted by Gasteiger charge is 2.21. The molecular weight excluding hydrogens is 284 g/mol. The van der Waals surface area contributed by atoms with Crippen LogP contribution in [0.5, 0.6) is 0 Å². The Kier molecular flexibility index (Phi) is 4.20. The van der Waals surface area contributed by atoms with Crippen LogP contribution in [-0.2, 0) is 12.8 Å². The van der Waals surface area contributed by atoms with Crippen LogP contribution in [0, 0.1) is 5.92 Å². The van der Waals surface area contributed by atoms with Crippen molar-refractivity contribution in [2.45, 2.75) is 32.6 Å². The second-order valence-electron chi connectivity index (χ2n) is 5.29. The molecule has 2 aromatic heterocycles. The first kappa shape index (κ1) is 14.1. The summed E-state index contributed by atoms with van der Waals surface area (Å²) in [6.07, 6.45) is 7.72. The van der Waals surface area contributed by atoms with Gasteiger partial charge in [-0.15, -0.1) is 11.3 Å². The van der Waals surface area contributed by atoms with E-state index in [1.807, 2.05) is 6.07 Å². The fourth-order valence-electron chi connectivity index (χ4n) is 2.63. The van der Waals surface area contributed by atoms with Crippen molar-refractivity contribution in [1.29, 1.82) is 0 Å². The molecule has 1 atom stereocenters. The summed E-state index contributed by atoms with van der Waals surface area (Å²) >= 11 is 1.59. The maximum absolute atomic E-state index is 12.1. The Balaban J connectivity index is 1.64. The molecular formula is C16H18N2O2S. The highest BCUT2D eigenvalue weighted by Crippen LogP contribution is 2.33. The van der Waals surface area contributed by atoms with E-state index in [1.54, 1.807) is 29.7 Å². The summed E-state index contributed by atoms with van der Waals surface area (Å²) in [5.41, 5.74) is 3.90. The Bertz CT molecular complexity index is 643. The average molecular weight is 302 g/mol. The number of rotatable bonds is 4. The van der Waals surface area contributed by atoms with E-state index in [-0.39, 0.29) is 5.91 Å². The summed E-state index contributed by atoms with van der Waals surface area (Å²) in [6, 6.07) is 5.59. The second kappa shape index (κ2) is 6.26. The molecule has 0 saturated carbocycles. The molecule has 3 rings (SSSR count). The summed E-state index contributed by atoms with van der Waals surface area (Å²) in [6.45, 7) is 2.24. The number of carbonyl (C=O) groups is 1. The van der Waals surface area contributed by atoms with Gasteiger partial charge in [-0.25, -0.2) is 5.43 Å². The van der Waals surface area contributed by atoms with Gasteiger partial charge in [0.05, 0.1) is 17.4 Å². The van der Waals surface area contributed by atoms with Crippen LogP contribution < -0.4 is 5.43 Å². The van der Waals surface area contributed by atoms with Crippen LogP contribution in [0.15, 0.2) is 34.0 Å². The van der Waals surface area contributed by atoms with Crippen molar-refractivity contribution in [3.8, 4) is 0 Å². The summed E-state index contributed by atoms with van der Waals surface area (Å²) in [4.78, 5) is 14.2. The molecule has 0 saturated heterocycles. The van der Waals surface area contributed by atoms with Gasteiger partial charge in [-0.05, 0) is 48.9 Å². The van der Waals surface area contributed by atoms with Crippen molar-refractivity contribution < 1.29 is 9.21 Å². The van der Waals surface area contributed by atoms with Gasteiger partial charge in [0.25, 0.3) is 5.91 Å². The molecule has 0 fully saturated rings. The smallest absolute Gasteiger partial charge is 0.281 e. The molecule has 110 valence electrons. The number of nitrogens with zero attached hydrogens (tertiary/aromatic N) is 1. The minimum absolute atomic E-state index is 0.148. The zero-order valence-corrected chi connectivity index (χ0v) is 12.8. The SMILES string of the molecule is CCC1CCc2sc(C(=O)N/N=C/c3ccco3)cc2C1. The molecule has 0 radical (unpaired) electrons. The minimum atomic E-state index is -0.148. The quantitative estimate of drug-likeness (QED) is 0.692. The number of hydrogen-bond acceptors (Lipinski definition) is 4. The molecule has 21 heavy (non-hydrogen) atoms. The van der Waals surface area contributed by atoms with Crippen LogP contribution in [0.1, 0.15) is 45.6 Å². The number of aryl methyl sites for hydroxylation is 1. The molecule has 0 aliphatic heterocycles. The lowest BCUT2D eigenvalue weighted by Crippen LogP contribution is -2.16. The average Bonchev–Trinajstić information content (AvgIpc) is 3.15. The third-order valence-corrected chi connectivity index (χ3v) is 5.12. The van der Waals surface area contributed by atoms with Crippen LogP contribution in [0.4, 0.5) is 0 Å². The first-order chi connectivity index (χ1) is 10.3. The van der Waals surface area contributed by atoms with Gasteiger partial charge in [-0.2, -0.15) is 5.10 Å². The molecule has 1 aliphatic carbocycles. The largest absolute Gasteiger partial charge is 0.463 e. The summed E-state index contributed by atoms with van der Waals surface area (Å²) in [5.74, 6) is 1.23. The van der Waals surface area contributed by atoms with Crippen LogP contribution >= 0.6 is 11.3 Å². The zero-order chi connectivity index (χ0) is 14.7. The standard InChI is InChI=1S/C16H18N2O2S/c1-2-11-5-6-14-12(8-11)9-15(21-14)16(19)18-17-10-13-4-3-7-20-13/h3-4,7,9-11H,2,5-6,8H2,1H3,(H,18,19)/b17-10+. The number of thiophene rings is 1. The van der Waals surface area contributed by atoms with Crippen LogP contribution in [-0.4, -0.2) is 12.1 Å². The van der Waals surface area contributed by atoms with Crippen LogP contribution in [0.25, 0.3) is 0 Å². The van der Waals surface area contributed by atoms with Crippen molar-refractivity contribution in [2.24, 2.45) is 11.0 Å². The topological polar surface area (TPSA) is 54.6 Å². The molecule has 1 unspecified atom stereocenters. The van der Waals surface area contributed by atoms with Gasteiger partial charge in [-0.3, -0.25) is 4.79 Å². The number of carbonyl (C=O) groups excluding carboxylic acids is 1. The van der Waals surface area contributed by atoms with Gasteiger partial charge in [-0.1, -0.05) is 13.3 Å². The van der Waals surface area contributed by atoms with Crippen molar-refractivity contribution in [1.82, 2.24) is 5.43 Å². The van der Waals surface area contributed by atoms with Crippen molar-refractivity contribution in [3.63, 3.8) is 0 Å². The minimum Gasteiger partial charge on any atom is -0.463 e. The Morgan fingerprint density at radius 2 is 2.52 bits per heavy atom. The van der Waals surface area contributed by atoms with E-state index >= 15 is 0 Å². The molecule has 2 aromatic rings. The lowest BCUT2D eigenvalue weighted by molar-refractivity contribution is 0.0959. The van der Waals surface area contributed by atoms with Gasteiger partial charge < -0.3 is 4.42 Å². The molecule has 0 aromatic carbocycles. The maximum Gasteiger partial charge on any atom is 0.281 e. The fourth-order valence-corrected chi connectivity index (χ4v) is 3.73. The van der Waals surface area contributed by atoms with Crippen molar-refractivity contribution in [3.05, 3.63) is 45.5 Å². The monoisotopic (exact) mass is 302 g/mol. The maximum atomic E-state index is 12.1. The number of amides is 1. The lowest BCUT2D eigenvalue weighted by Gasteiger charge is -2.19. The highest BCUT2D eigenvalue weighted by atomic mass is 32.1. The summed E-state index contributed by atoms with van der Waals surface area (Å²) in [7, 11) is 0. The number of hydrazone groups is 1. The third kappa shape index (κ3) is 3.24. The summed E-state index contributed by atoms with van der Waals surface area (Å²) < 4.78 is 5.11. The molecule has 1 N–H and O–H groups in total. The Hall–Kier alpha value is -1.88. The first-order valence-electron chi connectivity index (χ1n) is 7.24. The van der Waals surface area contributed by atoms with E-state index in [9.17, 15) is 4.79 Å². The van der Waals surface area contributed by atoms with E-state index in [0.717, 1.165) is 23.6 Å². The predicted molar refractivity (Wildman–Crippen MR) is 83.9 cm³/mol. The highest BCUT2D eigenvalue weighted by molar-refractivity contribution is 7.14. The number of fused-ring (bicyclic) bond motifs is 1. The second-order valence-corrected chi connectivity index (χ2v) is 6.43. The van der Waals surface area contributed by atoms with E-state index < -0.39 is 0 Å². The molecule has 1 aliphatic rings. The molecule has 0 bridgehead atoms. The number of nitrogens with one attached hydrogen (secondary N) is 1. The van der Waals surface area contributed by atoms with Gasteiger partial charge >= 0.3 is 0 Å². The van der Waals surface area contributed by atoms with Gasteiger partial charge in [0.2, 0.25) is 0 Å². The molecule has 4 nitrogen and oxygen atoms in total. The fraction of sp³-hybridized carbons (Fsp3) is 0.375. The Morgan fingerprint density at radius 1 is 1.62 bits per heavy atom. The number of furan rings is 1. The summed E-state index contributed by atoms with van der Waals surface area (Å²) in [5, 5.41) is 3.92. The Morgan fingerprint density at radius 3 is 3.29 bits per heavy atom.